The smallest absolute Gasteiger partial charge is 0.136 e. The summed E-state index contributed by atoms with van der Waals surface area (Å²) in [5.74, 6) is -3.05. The molecule has 3 nitrogen and oxygen atoms in total. The van der Waals surface area contributed by atoms with Gasteiger partial charge >= 0.3 is 0 Å². The van der Waals surface area contributed by atoms with E-state index < -0.39 is 17.5 Å². The zero-order valence-corrected chi connectivity index (χ0v) is 22.5. The van der Waals surface area contributed by atoms with Crippen molar-refractivity contribution in [1.82, 2.24) is 9.13 Å². The van der Waals surface area contributed by atoms with Gasteiger partial charge in [0.2, 0.25) is 0 Å². The quantitative estimate of drug-likeness (QED) is 0.211. The minimum atomic E-state index is -1.02. The van der Waals surface area contributed by atoms with Crippen molar-refractivity contribution in [3.63, 3.8) is 0 Å². The number of nitrogens with zero attached hydrogens (tertiary/aromatic N) is 3. The van der Waals surface area contributed by atoms with Crippen LogP contribution in [-0.4, -0.2) is 9.13 Å². The van der Waals surface area contributed by atoms with Gasteiger partial charge in [-0.15, -0.1) is 0 Å². The van der Waals surface area contributed by atoms with E-state index in [1.807, 2.05) is 106 Å². The molecule has 8 aromatic rings. The normalized spacial score (nSPS) is 11.6. The molecule has 0 unspecified atom stereocenters. The predicted octanol–water partition coefficient (Wildman–Crippen LogP) is 9.84. The fraction of sp³-hybridized carbons (Fsp3) is 0. The number of aromatic nitrogens is 2. The van der Waals surface area contributed by atoms with Gasteiger partial charge in [0.1, 0.15) is 29.1 Å². The maximum atomic E-state index is 15.4. The van der Waals surface area contributed by atoms with E-state index >= 15 is 8.78 Å². The lowest BCUT2D eigenvalue weighted by molar-refractivity contribution is 0.548. The number of rotatable bonds is 3. The van der Waals surface area contributed by atoms with Crippen LogP contribution in [0.25, 0.3) is 66.1 Å². The minimum Gasteiger partial charge on any atom is -0.308 e. The summed E-state index contributed by atoms with van der Waals surface area (Å²) in [6, 6.07) is 38.4. The van der Waals surface area contributed by atoms with Crippen LogP contribution in [0.5, 0.6) is 0 Å². The number of hydrogen-bond acceptors (Lipinski definition) is 1. The molecular formula is C37H20F3N3. The maximum Gasteiger partial charge on any atom is 0.136 e. The highest BCUT2D eigenvalue weighted by atomic mass is 19.1. The number of para-hydroxylation sites is 4. The molecule has 0 aliphatic carbocycles. The van der Waals surface area contributed by atoms with Gasteiger partial charge in [-0.2, -0.15) is 5.26 Å². The van der Waals surface area contributed by atoms with Gasteiger partial charge < -0.3 is 9.13 Å². The van der Waals surface area contributed by atoms with Crippen molar-refractivity contribution in [3.05, 3.63) is 144 Å². The van der Waals surface area contributed by atoms with Crippen LogP contribution in [0, 0.1) is 28.8 Å². The molecule has 43 heavy (non-hydrogen) atoms. The summed E-state index contributed by atoms with van der Waals surface area (Å²) in [6.45, 7) is 0. The van der Waals surface area contributed by atoms with Crippen LogP contribution in [-0.2, 0) is 0 Å². The molecule has 204 valence electrons. The second-order valence-electron chi connectivity index (χ2n) is 10.5. The zero-order valence-electron chi connectivity index (χ0n) is 22.5. The molecule has 6 heteroatoms. The molecule has 0 bridgehead atoms. The second-order valence-corrected chi connectivity index (χ2v) is 10.5. The highest BCUT2D eigenvalue weighted by molar-refractivity contribution is 6.11. The van der Waals surface area contributed by atoms with Crippen molar-refractivity contribution in [2.24, 2.45) is 0 Å². The monoisotopic (exact) mass is 563 g/mol. The van der Waals surface area contributed by atoms with Gasteiger partial charge in [0.25, 0.3) is 0 Å². The number of hydrogen-bond donors (Lipinski definition) is 0. The Morgan fingerprint density at radius 3 is 1.19 bits per heavy atom. The van der Waals surface area contributed by atoms with E-state index in [1.165, 1.54) is 0 Å². The van der Waals surface area contributed by atoms with Crippen LogP contribution in [0.1, 0.15) is 5.56 Å². The molecule has 0 amide bonds. The third kappa shape index (κ3) is 3.62. The first-order valence-corrected chi connectivity index (χ1v) is 13.8. The largest absolute Gasteiger partial charge is 0.308 e. The minimum absolute atomic E-state index is 0.183. The van der Waals surface area contributed by atoms with Crippen molar-refractivity contribution in [1.29, 1.82) is 5.26 Å². The number of halogens is 3. The SMILES string of the molecule is N#Cc1c(-n2c3ccccc3c3ccccc32)cc(-c2c(F)cc(F)cc2F)cc1-n1c2ccccc2c2ccccc21. The molecule has 2 aromatic heterocycles. The third-order valence-electron chi connectivity index (χ3n) is 8.15. The molecule has 0 spiro atoms. The Morgan fingerprint density at radius 1 is 0.488 bits per heavy atom. The van der Waals surface area contributed by atoms with Crippen LogP contribution < -0.4 is 0 Å². The van der Waals surface area contributed by atoms with Crippen LogP contribution >= 0.6 is 0 Å². The van der Waals surface area contributed by atoms with Crippen LogP contribution in [0.2, 0.25) is 0 Å². The first-order valence-electron chi connectivity index (χ1n) is 13.8. The van der Waals surface area contributed by atoms with Gasteiger partial charge in [-0.3, -0.25) is 0 Å². The number of nitriles is 1. The fourth-order valence-corrected chi connectivity index (χ4v) is 6.41. The summed E-state index contributed by atoms with van der Waals surface area (Å²) in [5.41, 5.74) is 4.41. The van der Waals surface area contributed by atoms with Crippen molar-refractivity contribution < 1.29 is 13.2 Å². The van der Waals surface area contributed by atoms with E-state index in [4.69, 9.17) is 0 Å². The molecule has 0 atom stereocenters. The molecule has 0 saturated carbocycles. The number of fused-ring (bicyclic) bond motifs is 6. The summed E-state index contributed by atoms with van der Waals surface area (Å²) < 4.78 is 48.7. The van der Waals surface area contributed by atoms with E-state index in [0.29, 0.717) is 29.1 Å². The van der Waals surface area contributed by atoms with Gasteiger partial charge in [-0.25, -0.2) is 13.2 Å². The average molecular weight is 564 g/mol. The summed E-state index contributed by atoms with van der Waals surface area (Å²) in [6.07, 6.45) is 0. The van der Waals surface area contributed by atoms with Gasteiger partial charge in [-0.05, 0) is 42.0 Å². The lowest BCUT2D eigenvalue weighted by atomic mass is 9.99. The van der Waals surface area contributed by atoms with Crippen molar-refractivity contribution in [2.75, 3.05) is 0 Å². The van der Waals surface area contributed by atoms with Crippen LogP contribution in [0.15, 0.2) is 121 Å². The molecular weight excluding hydrogens is 543 g/mol. The van der Waals surface area contributed by atoms with Crippen molar-refractivity contribution >= 4 is 43.6 Å². The Bertz CT molecular complexity index is 2200. The van der Waals surface area contributed by atoms with Crippen LogP contribution in [0.3, 0.4) is 0 Å². The first-order chi connectivity index (χ1) is 21.0. The van der Waals surface area contributed by atoms with Gasteiger partial charge in [0.15, 0.2) is 0 Å². The Kier molecular flexibility index (Phi) is 5.44. The van der Waals surface area contributed by atoms with Gasteiger partial charge in [-0.1, -0.05) is 72.8 Å². The van der Waals surface area contributed by atoms with Gasteiger partial charge in [0, 0.05) is 33.7 Å². The van der Waals surface area contributed by atoms with E-state index in [9.17, 15) is 9.65 Å². The van der Waals surface area contributed by atoms with Crippen LogP contribution in [0.4, 0.5) is 13.2 Å². The Hall–Kier alpha value is -5.80. The summed E-state index contributed by atoms with van der Waals surface area (Å²) in [5, 5.41) is 14.7. The summed E-state index contributed by atoms with van der Waals surface area (Å²) in [7, 11) is 0. The molecule has 0 aliphatic heterocycles. The number of benzene rings is 6. The molecule has 0 aliphatic rings. The zero-order chi connectivity index (χ0) is 29.2. The molecule has 2 heterocycles. The summed E-state index contributed by atoms with van der Waals surface area (Å²) in [4.78, 5) is 0. The molecule has 8 rings (SSSR count). The molecule has 0 fully saturated rings. The average Bonchev–Trinajstić information content (AvgIpc) is 3.53. The standard InChI is InChI=1S/C37H20F3N3/c38-23-19-29(39)37(30(40)20-23)22-17-35(42-31-13-5-1-9-24(31)25-10-2-6-14-32(25)42)28(21-41)36(18-22)43-33-15-7-3-11-26(33)27-12-4-8-16-34(27)43/h1-20H. The Labute approximate surface area is 243 Å². The summed E-state index contributed by atoms with van der Waals surface area (Å²) >= 11 is 0. The Balaban J connectivity index is 1.59. The highest BCUT2D eigenvalue weighted by Gasteiger charge is 2.24. The van der Waals surface area contributed by atoms with Crippen molar-refractivity contribution in [2.45, 2.75) is 0 Å². The topological polar surface area (TPSA) is 33.6 Å². The molecule has 0 radical (unpaired) electrons. The molecule has 0 saturated heterocycles. The highest BCUT2D eigenvalue weighted by Crippen LogP contribution is 2.40. The maximum absolute atomic E-state index is 15.4. The lowest BCUT2D eigenvalue weighted by Crippen LogP contribution is -2.06. The third-order valence-corrected chi connectivity index (χ3v) is 8.15. The lowest BCUT2D eigenvalue weighted by Gasteiger charge is -2.18. The second kappa shape index (κ2) is 9.37. The van der Waals surface area contributed by atoms with Gasteiger partial charge in [0.05, 0.1) is 39.0 Å². The Morgan fingerprint density at radius 2 is 0.837 bits per heavy atom. The fourth-order valence-electron chi connectivity index (χ4n) is 6.41. The van der Waals surface area contributed by atoms with E-state index in [0.717, 1.165) is 43.6 Å². The predicted molar refractivity (Wildman–Crippen MR) is 165 cm³/mol. The first kappa shape index (κ1) is 25.0. The van der Waals surface area contributed by atoms with Crippen molar-refractivity contribution in [3.8, 4) is 28.6 Å². The van der Waals surface area contributed by atoms with E-state index in [-0.39, 0.29) is 11.1 Å². The molecule has 6 aromatic carbocycles. The van der Waals surface area contributed by atoms with E-state index in [1.54, 1.807) is 12.1 Å². The van der Waals surface area contributed by atoms with E-state index in [2.05, 4.69) is 6.07 Å². The molecule has 0 N–H and O–H groups in total.